The van der Waals surface area contributed by atoms with Crippen LogP contribution in [-0.2, 0) is 33.2 Å². The molecule has 26 heavy (non-hydrogen) atoms. The third kappa shape index (κ3) is 2.77. The van der Waals surface area contributed by atoms with E-state index in [1.807, 2.05) is 0 Å². The van der Waals surface area contributed by atoms with Gasteiger partial charge in [-0.15, -0.1) is 0 Å². The van der Waals surface area contributed by atoms with Crippen LogP contribution in [-0.4, -0.2) is 27.1 Å². The number of esters is 2. The van der Waals surface area contributed by atoms with Crippen LogP contribution < -0.4 is 16.4 Å². The molecule has 1 saturated heterocycles. The Hall–Kier alpha value is -3.36. The van der Waals surface area contributed by atoms with Crippen molar-refractivity contribution in [2.45, 2.75) is 19.6 Å². The Morgan fingerprint density at radius 3 is 2.15 bits per heavy atom. The summed E-state index contributed by atoms with van der Waals surface area (Å²) in [4.78, 5) is 48.8. The van der Waals surface area contributed by atoms with Gasteiger partial charge in [0.15, 0.2) is 5.57 Å². The molecule has 0 amide bonds. The van der Waals surface area contributed by atoms with Gasteiger partial charge in [0.1, 0.15) is 0 Å². The molecule has 1 fully saturated rings. The van der Waals surface area contributed by atoms with Crippen LogP contribution in [0.1, 0.15) is 13.8 Å². The van der Waals surface area contributed by atoms with Crippen molar-refractivity contribution >= 4 is 28.4 Å². The van der Waals surface area contributed by atoms with Gasteiger partial charge in [-0.3, -0.25) is 19.0 Å². The molecule has 9 heteroatoms. The topological polar surface area (TPSA) is 109 Å². The number of ether oxygens (including phenoxy) is 2. The normalized spacial score (nSPS) is 16.2. The lowest BCUT2D eigenvalue weighted by molar-refractivity contribution is -0.222. The molecule has 0 radical (unpaired) electrons. The van der Waals surface area contributed by atoms with E-state index in [-0.39, 0.29) is 27.6 Å². The molecule has 9 nitrogen and oxygen atoms in total. The number of hydrogen-bond acceptors (Lipinski definition) is 7. The van der Waals surface area contributed by atoms with Crippen molar-refractivity contribution in [1.29, 1.82) is 0 Å². The molecule has 0 saturated carbocycles. The minimum Gasteiger partial charge on any atom is -0.419 e. The molecule has 1 aromatic carbocycles. The predicted molar refractivity (Wildman–Crippen MR) is 92.4 cm³/mol. The number of nitrogens with one attached hydrogen (secondary N) is 1. The van der Waals surface area contributed by atoms with Crippen LogP contribution in [0.15, 0.2) is 39.6 Å². The number of benzene rings is 1. The van der Waals surface area contributed by atoms with E-state index in [4.69, 9.17) is 9.47 Å². The minimum absolute atomic E-state index is 0.146. The van der Waals surface area contributed by atoms with Crippen molar-refractivity contribution in [2.75, 3.05) is 5.32 Å². The quantitative estimate of drug-likeness (QED) is 0.469. The molecule has 3 rings (SSSR count). The van der Waals surface area contributed by atoms with Gasteiger partial charge in [0.25, 0.3) is 16.9 Å². The van der Waals surface area contributed by atoms with Gasteiger partial charge in [0.2, 0.25) is 0 Å². The van der Waals surface area contributed by atoms with Crippen molar-refractivity contribution in [3.05, 3.63) is 50.7 Å². The van der Waals surface area contributed by atoms with E-state index >= 15 is 0 Å². The third-order valence-electron chi connectivity index (χ3n) is 4.04. The zero-order valence-corrected chi connectivity index (χ0v) is 14.7. The fourth-order valence-electron chi connectivity index (χ4n) is 2.62. The smallest absolute Gasteiger partial charge is 0.350 e. The number of fused-ring (bicyclic) bond motifs is 1. The van der Waals surface area contributed by atoms with Gasteiger partial charge in [0, 0.05) is 34.1 Å². The predicted octanol–water partition coefficient (Wildman–Crippen LogP) is 0.369. The van der Waals surface area contributed by atoms with E-state index in [9.17, 15) is 19.2 Å². The Labute approximate surface area is 147 Å². The monoisotopic (exact) mass is 359 g/mol. The molecule has 2 aromatic rings. The fraction of sp³-hybridized carbons (Fsp3) is 0.294. The minimum atomic E-state index is -1.34. The van der Waals surface area contributed by atoms with Gasteiger partial charge >= 0.3 is 11.9 Å². The Morgan fingerprint density at radius 2 is 1.54 bits per heavy atom. The summed E-state index contributed by atoms with van der Waals surface area (Å²) in [5.41, 5.74) is -0.823. The number of carbonyl (C=O) groups excluding carboxylic acids is 2. The van der Waals surface area contributed by atoms with Gasteiger partial charge in [0.05, 0.1) is 16.5 Å². The van der Waals surface area contributed by atoms with E-state index in [1.165, 1.54) is 43.4 Å². The Balaban J connectivity index is 2.08. The zero-order valence-electron chi connectivity index (χ0n) is 14.7. The van der Waals surface area contributed by atoms with Gasteiger partial charge in [-0.05, 0) is 12.1 Å². The molecule has 0 spiro atoms. The molecule has 1 aliphatic rings. The Kier molecular flexibility index (Phi) is 3.94. The SMILES string of the molecule is Cn1c(=O)c2cccc(NC=C3C(=O)OC(C)(C)OC3=O)c2c(=O)n1C. The summed E-state index contributed by atoms with van der Waals surface area (Å²) in [5, 5.41) is 3.10. The maximum absolute atomic E-state index is 12.5. The third-order valence-corrected chi connectivity index (χ3v) is 4.04. The molecule has 1 N–H and O–H groups in total. The van der Waals surface area contributed by atoms with E-state index in [1.54, 1.807) is 12.1 Å². The Morgan fingerprint density at radius 1 is 0.962 bits per heavy atom. The van der Waals surface area contributed by atoms with Crippen LogP contribution in [0.4, 0.5) is 5.69 Å². The van der Waals surface area contributed by atoms with Gasteiger partial charge in [-0.2, -0.15) is 0 Å². The lowest BCUT2D eigenvalue weighted by Crippen LogP contribution is -2.42. The zero-order chi connectivity index (χ0) is 19.2. The number of cyclic esters (lactones) is 2. The van der Waals surface area contributed by atoms with Crippen LogP contribution in [0.2, 0.25) is 0 Å². The van der Waals surface area contributed by atoms with E-state index < -0.39 is 23.3 Å². The maximum atomic E-state index is 12.5. The number of rotatable bonds is 2. The van der Waals surface area contributed by atoms with Crippen LogP contribution >= 0.6 is 0 Å². The van der Waals surface area contributed by atoms with Crippen molar-refractivity contribution in [1.82, 2.24) is 9.36 Å². The number of nitrogens with zero attached hydrogens (tertiary/aromatic N) is 2. The summed E-state index contributed by atoms with van der Waals surface area (Å²) in [6.07, 6.45) is 1.10. The van der Waals surface area contributed by atoms with Crippen LogP contribution in [0.5, 0.6) is 0 Å². The van der Waals surface area contributed by atoms with Crippen LogP contribution in [0.3, 0.4) is 0 Å². The van der Waals surface area contributed by atoms with Crippen molar-refractivity contribution in [2.24, 2.45) is 14.1 Å². The lowest BCUT2D eigenvalue weighted by Gasteiger charge is -2.29. The number of anilines is 1. The second kappa shape index (κ2) is 5.87. The van der Waals surface area contributed by atoms with E-state index in [0.717, 1.165) is 6.20 Å². The molecule has 0 atom stereocenters. The van der Waals surface area contributed by atoms with Gasteiger partial charge < -0.3 is 14.8 Å². The fourth-order valence-corrected chi connectivity index (χ4v) is 2.62. The van der Waals surface area contributed by atoms with Crippen molar-refractivity contribution in [3.63, 3.8) is 0 Å². The van der Waals surface area contributed by atoms with Gasteiger partial charge in [-0.25, -0.2) is 9.59 Å². The average Bonchev–Trinajstić information content (AvgIpc) is 2.56. The van der Waals surface area contributed by atoms with Crippen LogP contribution in [0, 0.1) is 0 Å². The summed E-state index contributed by atoms with van der Waals surface area (Å²) in [6.45, 7) is 2.88. The second-order valence-electron chi connectivity index (χ2n) is 6.27. The molecule has 1 aromatic heterocycles. The number of carbonyl (C=O) groups is 2. The molecule has 2 heterocycles. The molecule has 1 aliphatic heterocycles. The molecular formula is C17H17N3O6. The largest absolute Gasteiger partial charge is 0.419 e. The summed E-state index contributed by atoms with van der Waals surface area (Å²) >= 11 is 0. The summed E-state index contributed by atoms with van der Waals surface area (Å²) in [7, 11) is 2.96. The average molecular weight is 359 g/mol. The first-order chi connectivity index (χ1) is 12.1. The van der Waals surface area contributed by atoms with Crippen LogP contribution in [0.25, 0.3) is 10.8 Å². The molecule has 0 bridgehead atoms. The van der Waals surface area contributed by atoms with Crippen molar-refractivity contribution < 1.29 is 19.1 Å². The lowest BCUT2D eigenvalue weighted by atomic mass is 10.1. The first-order valence-corrected chi connectivity index (χ1v) is 7.75. The highest BCUT2D eigenvalue weighted by molar-refractivity contribution is 6.15. The van der Waals surface area contributed by atoms with Crippen molar-refractivity contribution in [3.8, 4) is 0 Å². The highest BCUT2D eigenvalue weighted by Crippen LogP contribution is 2.23. The first kappa shape index (κ1) is 17.5. The number of hydrogen-bond donors (Lipinski definition) is 1. The second-order valence-corrected chi connectivity index (χ2v) is 6.27. The molecule has 136 valence electrons. The van der Waals surface area contributed by atoms with Gasteiger partial charge in [-0.1, -0.05) is 6.07 Å². The molecule has 0 aliphatic carbocycles. The van der Waals surface area contributed by atoms with E-state index in [2.05, 4.69) is 5.32 Å². The Bertz CT molecular complexity index is 1070. The maximum Gasteiger partial charge on any atom is 0.350 e. The first-order valence-electron chi connectivity index (χ1n) is 7.75. The molecular weight excluding hydrogens is 342 g/mol. The number of aromatic nitrogens is 2. The summed E-state index contributed by atoms with van der Waals surface area (Å²) in [6, 6.07) is 4.68. The summed E-state index contributed by atoms with van der Waals surface area (Å²) < 4.78 is 12.4. The standard InChI is InChI=1S/C17H17N3O6/c1-17(2)25-15(23)10(16(24)26-17)8-18-11-7-5-6-9-12(11)14(22)20(4)19(3)13(9)21/h5-8,18H,1-4H3. The highest BCUT2D eigenvalue weighted by Gasteiger charge is 2.39. The molecule has 0 unspecified atom stereocenters. The summed E-state index contributed by atoms with van der Waals surface area (Å²) in [5.74, 6) is -3.03. The van der Waals surface area contributed by atoms with E-state index in [0.29, 0.717) is 0 Å². The highest BCUT2D eigenvalue weighted by atomic mass is 16.7.